The van der Waals surface area contributed by atoms with Crippen molar-refractivity contribution in [2.45, 2.75) is 18.9 Å². The van der Waals surface area contributed by atoms with Crippen LogP contribution >= 0.6 is 15.9 Å². The highest BCUT2D eigenvalue weighted by Crippen LogP contribution is 2.32. The minimum atomic E-state index is -0.982. The second kappa shape index (κ2) is 4.43. The van der Waals surface area contributed by atoms with E-state index < -0.39 is 5.97 Å². The molecule has 0 aromatic heterocycles. The van der Waals surface area contributed by atoms with Gasteiger partial charge in [0, 0.05) is 6.04 Å². The summed E-state index contributed by atoms with van der Waals surface area (Å²) in [7, 11) is 0. The van der Waals surface area contributed by atoms with E-state index in [1.54, 1.807) is 0 Å². The number of rotatable bonds is 3. The zero-order valence-corrected chi connectivity index (χ0v) is 10.2. The topological polar surface area (TPSA) is 72.5 Å². The average molecular weight is 286 g/mol. The molecule has 1 aliphatic carbocycles. The number of benzene rings is 1. The standard InChI is InChI=1S/C11H12BrNO3/c12-9-3-6-1-8(13)2-7(6)4-10(9)16-5-11(14)15/h3-4,8H,1-2,5,13H2,(H,14,15). The van der Waals surface area contributed by atoms with Crippen molar-refractivity contribution in [2.24, 2.45) is 5.73 Å². The van der Waals surface area contributed by atoms with E-state index in [4.69, 9.17) is 15.6 Å². The Morgan fingerprint density at radius 3 is 2.75 bits per heavy atom. The van der Waals surface area contributed by atoms with Gasteiger partial charge in [-0.15, -0.1) is 0 Å². The molecule has 3 N–H and O–H groups in total. The first-order valence-electron chi connectivity index (χ1n) is 4.97. The zero-order chi connectivity index (χ0) is 11.7. The Hall–Kier alpha value is -1.07. The first-order valence-corrected chi connectivity index (χ1v) is 5.77. The summed E-state index contributed by atoms with van der Waals surface area (Å²) in [5, 5.41) is 8.54. The molecule has 1 unspecified atom stereocenters. The van der Waals surface area contributed by atoms with E-state index in [2.05, 4.69) is 15.9 Å². The van der Waals surface area contributed by atoms with Crippen molar-refractivity contribution < 1.29 is 14.6 Å². The van der Waals surface area contributed by atoms with Crippen LogP contribution in [-0.4, -0.2) is 23.7 Å². The molecule has 0 aliphatic heterocycles. The number of carboxylic acid groups (broad SMARTS) is 1. The Balaban J connectivity index is 2.21. The summed E-state index contributed by atoms with van der Waals surface area (Å²) < 4.78 is 5.95. The van der Waals surface area contributed by atoms with Gasteiger partial charge in [-0.25, -0.2) is 4.79 Å². The van der Waals surface area contributed by atoms with Crippen LogP contribution in [0.5, 0.6) is 5.75 Å². The molecule has 4 nitrogen and oxygen atoms in total. The number of ether oxygens (including phenoxy) is 1. The van der Waals surface area contributed by atoms with Crippen molar-refractivity contribution in [1.82, 2.24) is 0 Å². The molecule has 5 heteroatoms. The fraction of sp³-hybridized carbons (Fsp3) is 0.364. The molecule has 0 bridgehead atoms. The number of halogens is 1. The number of carbonyl (C=O) groups is 1. The summed E-state index contributed by atoms with van der Waals surface area (Å²) in [6.07, 6.45) is 1.69. The number of carboxylic acids is 1. The highest BCUT2D eigenvalue weighted by atomic mass is 79.9. The van der Waals surface area contributed by atoms with E-state index in [9.17, 15) is 4.79 Å². The number of aliphatic carboxylic acids is 1. The first kappa shape index (κ1) is 11.4. The van der Waals surface area contributed by atoms with Gasteiger partial charge < -0.3 is 15.6 Å². The summed E-state index contributed by atoms with van der Waals surface area (Å²) in [6.45, 7) is -0.330. The van der Waals surface area contributed by atoms with Gasteiger partial charge in [0.2, 0.25) is 0 Å². The predicted molar refractivity (Wildman–Crippen MR) is 62.7 cm³/mol. The Morgan fingerprint density at radius 2 is 2.12 bits per heavy atom. The number of nitrogens with two attached hydrogens (primary N) is 1. The van der Waals surface area contributed by atoms with E-state index >= 15 is 0 Å². The summed E-state index contributed by atoms with van der Waals surface area (Å²) in [5.74, 6) is -0.417. The molecule has 0 amide bonds. The first-order chi connectivity index (χ1) is 7.56. The van der Waals surface area contributed by atoms with Gasteiger partial charge in [0.15, 0.2) is 6.61 Å². The maximum absolute atomic E-state index is 10.4. The van der Waals surface area contributed by atoms with Crippen LogP contribution in [0, 0.1) is 0 Å². The van der Waals surface area contributed by atoms with Gasteiger partial charge in [-0.1, -0.05) is 0 Å². The highest BCUT2D eigenvalue weighted by molar-refractivity contribution is 9.10. The van der Waals surface area contributed by atoms with Crippen LogP contribution in [0.2, 0.25) is 0 Å². The van der Waals surface area contributed by atoms with Gasteiger partial charge in [-0.2, -0.15) is 0 Å². The Bertz CT molecular complexity index is 433. The fourth-order valence-corrected chi connectivity index (χ4v) is 2.41. The van der Waals surface area contributed by atoms with Crippen molar-refractivity contribution in [1.29, 1.82) is 0 Å². The minimum Gasteiger partial charge on any atom is -0.481 e. The summed E-state index contributed by atoms with van der Waals surface area (Å²) in [6, 6.07) is 3.99. The van der Waals surface area contributed by atoms with E-state index in [-0.39, 0.29) is 12.6 Å². The quantitative estimate of drug-likeness (QED) is 0.879. The van der Waals surface area contributed by atoms with Crippen LogP contribution in [0.4, 0.5) is 0 Å². The molecule has 0 heterocycles. The maximum Gasteiger partial charge on any atom is 0.341 e. The molecular weight excluding hydrogens is 274 g/mol. The third kappa shape index (κ3) is 2.36. The lowest BCUT2D eigenvalue weighted by atomic mass is 10.1. The zero-order valence-electron chi connectivity index (χ0n) is 8.57. The smallest absolute Gasteiger partial charge is 0.341 e. The van der Waals surface area contributed by atoms with E-state index in [1.807, 2.05) is 12.1 Å². The molecule has 16 heavy (non-hydrogen) atoms. The maximum atomic E-state index is 10.4. The largest absolute Gasteiger partial charge is 0.481 e. The van der Waals surface area contributed by atoms with Crippen LogP contribution in [-0.2, 0) is 17.6 Å². The summed E-state index contributed by atoms with van der Waals surface area (Å²) in [4.78, 5) is 10.4. The molecule has 0 saturated carbocycles. The SMILES string of the molecule is NC1Cc2cc(Br)c(OCC(=O)O)cc2C1. The molecule has 1 aromatic carbocycles. The van der Waals surface area contributed by atoms with E-state index in [1.165, 1.54) is 5.56 Å². The molecule has 86 valence electrons. The molecule has 0 radical (unpaired) electrons. The Kier molecular flexibility index (Phi) is 3.16. The normalized spacial score (nSPS) is 18.2. The Labute approximate surface area is 102 Å². The molecule has 2 rings (SSSR count). The second-order valence-corrected chi connectivity index (χ2v) is 4.76. The van der Waals surface area contributed by atoms with Crippen molar-refractivity contribution in [3.05, 3.63) is 27.7 Å². The summed E-state index contributed by atoms with van der Waals surface area (Å²) >= 11 is 3.36. The third-order valence-corrected chi connectivity index (χ3v) is 3.19. The lowest BCUT2D eigenvalue weighted by Crippen LogP contribution is -2.18. The molecular formula is C11H12BrNO3. The van der Waals surface area contributed by atoms with Crippen molar-refractivity contribution in [2.75, 3.05) is 6.61 Å². The fourth-order valence-electron chi connectivity index (χ4n) is 1.90. The average Bonchev–Trinajstić information content (AvgIpc) is 2.53. The van der Waals surface area contributed by atoms with E-state index in [0.29, 0.717) is 5.75 Å². The van der Waals surface area contributed by atoms with Crippen molar-refractivity contribution >= 4 is 21.9 Å². The van der Waals surface area contributed by atoms with Gasteiger partial charge in [0.05, 0.1) is 4.47 Å². The van der Waals surface area contributed by atoms with Gasteiger partial charge in [-0.05, 0) is 52.0 Å². The lowest BCUT2D eigenvalue weighted by molar-refractivity contribution is -0.139. The van der Waals surface area contributed by atoms with Gasteiger partial charge in [0.1, 0.15) is 5.75 Å². The molecule has 0 spiro atoms. The summed E-state index contributed by atoms with van der Waals surface area (Å²) in [5.41, 5.74) is 8.22. The molecule has 1 aliphatic rings. The van der Waals surface area contributed by atoms with Crippen LogP contribution in [0.15, 0.2) is 16.6 Å². The van der Waals surface area contributed by atoms with E-state index in [0.717, 1.165) is 22.9 Å². The number of fused-ring (bicyclic) bond motifs is 1. The van der Waals surface area contributed by atoms with Crippen LogP contribution in [0.25, 0.3) is 0 Å². The Morgan fingerprint density at radius 1 is 1.50 bits per heavy atom. The monoisotopic (exact) mass is 285 g/mol. The lowest BCUT2D eigenvalue weighted by Gasteiger charge is -2.08. The van der Waals surface area contributed by atoms with Crippen LogP contribution in [0.3, 0.4) is 0 Å². The second-order valence-electron chi connectivity index (χ2n) is 3.90. The molecule has 1 aromatic rings. The van der Waals surface area contributed by atoms with Crippen molar-refractivity contribution in [3.63, 3.8) is 0 Å². The van der Waals surface area contributed by atoms with Crippen LogP contribution < -0.4 is 10.5 Å². The van der Waals surface area contributed by atoms with Gasteiger partial charge in [0.25, 0.3) is 0 Å². The minimum absolute atomic E-state index is 0.164. The van der Waals surface area contributed by atoms with Crippen molar-refractivity contribution in [3.8, 4) is 5.75 Å². The highest BCUT2D eigenvalue weighted by Gasteiger charge is 2.20. The number of hydrogen-bond donors (Lipinski definition) is 2. The number of hydrogen-bond acceptors (Lipinski definition) is 3. The van der Waals surface area contributed by atoms with Gasteiger partial charge in [-0.3, -0.25) is 0 Å². The molecule has 0 fully saturated rings. The molecule has 1 atom stereocenters. The predicted octanol–water partition coefficient (Wildman–Crippen LogP) is 1.34. The molecule has 0 saturated heterocycles. The third-order valence-electron chi connectivity index (χ3n) is 2.57. The van der Waals surface area contributed by atoms with Crippen LogP contribution in [0.1, 0.15) is 11.1 Å². The van der Waals surface area contributed by atoms with Gasteiger partial charge >= 0.3 is 5.97 Å².